The molecule has 1 spiro atoms. The largest absolute Gasteiger partial charge is 0.462 e. The second kappa shape index (κ2) is 5.94. The summed E-state index contributed by atoms with van der Waals surface area (Å²) in [5.41, 5.74) is -6.08. The first-order valence-electron chi connectivity index (χ1n) is 10.8. The van der Waals surface area contributed by atoms with E-state index in [2.05, 4.69) is 0 Å². The van der Waals surface area contributed by atoms with Crippen molar-refractivity contribution in [3.05, 3.63) is 0 Å². The van der Waals surface area contributed by atoms with Crippen LogP contribution in [0.25, 0.3) is 0 Å². The molecule has 0 aromatic heterocycles. The average Bonchev–Trinajstić information content (AvgIpc) is 2.80. The summed E-state index contributed by atoms with van der Waals surface area (Å²) in [5.74, 6) is -1.86. The van der Waals surface area contributed by atoms with Gasteiger partial charge in [-0.15, -0.1) is 0 Å². The standard InChI is InChI=1S/C22H36O7/c1-11(23)29-17-12-6-7-13-20(5,27)14-8-15(24)18(2,3)22(14,28)16(25)9-21(13,17)10-19(12,4)26/h12-17,24-28H,6-10H2,1-5H3/t12-,13-,14+,15-,16-,17+,19+,20+,21+,22+/m0/s1. The van der Waals surface area contributed by atoms with Crippen LogP contribution in [-0.4, -0.2) is 66.6 Å². The summed E-state index contributed by atoms with van der Waals surface area (Å²) in [4.78, 5) is 11.9. The number of hydrogen-bond acceptors (Lipinski definition) is 7. The lowest BCUT2D eigenvalue weighted by Gasteiger charge is -2.51. The number of rotatable bonds is 1. The fourth-order valence-corrected chi connectivity index (χ4v) is 8.14. The molecule has 0 saturated heterocycles. The molecule has 0 heterocycles. The predicted molar refractivity (Wildman–Crippen MR) is 104 cm³/mol. The highest BCUT2D eigenvalue weighted by Gasteiger charge is 2.77. The van der Waals surface area contributed by atoms with Crippen LogP contribution >= 0.6 is 0 Å². The maximum Gasteiger partial charge on any atom is 0.302 e. The number of carbonyl (C=O) groups excluding carboxylic acids is 1. The van der Waals surface area contributed by atoms with Gasteiger partial charge in [0, 0.05) is 29.6 Å². The highest BCUT2D eigenvalue weighted by atomic mass is 16.5. The zero-order valence-corrected chi connectivity index (χ0v) is 18.1. The molecule has 7 heteroatoms. The number of aliphatic hydroxyl groups excluding tert-OH is 2. The third-order valence-electron chi connectivity index (χ3n) is 9.52. The molecular formula is C22H36O7. The number of carbonyl (C=O) groups is 1. The molecule has 4 saturated carbocycles. The Kier molecular flexibility index (Phi) is 4.41. The number of fused-ring (bicyclic) bond motifs is 2. The van der Waals surface area contributed by atoms with Gasteiger partial charge in [0.2, 0.25) is 0 Å². The molecule has 0 radical (unpaired) electrons. The maximum absolute atomic E-state index is 11.9. The van der Waals surface area contributed by atoms with Crippen molar-refractivity contribution >= 4 is 5.97 Å². The van der Waals surface area contributed by atoms with E-state index in [0.29, 0.717) is 12.8 Å². The Morgan fingerprint density at radius 1 is 0.966 bits per heavy atom. The van der Waals surface area contributed by atoms with E-state index in [1.807, 2.05) is 0 Å². The van der Waals surface area contributed by atoms with E-state index in [9.17, 15) is 30.3 Å². The Bertz CT molecular complexity index is 716. The Morgan fingerprint density at radius 2 is 1.59 bits per heavy atom. The smallest absolute Gasteiger partial charge is 0.302 e. The molecule has 0 unspecified atom stereocenters. The minimum atomic E-state index is -1.70. The van der Waals surface area contributed by atoms with Gasteiger partial charge in [-0.3, -0.25) is 4.79 Å². The Hall–Kier alpha value is -0.730. The molecule has 4 aliphatic carbocycles. The third-order valence-corrected chi connectivity index (χ3v) is 9.52. The molecule has 0 aromatic carbocycles. The van der Waals surface area contributed by atoms with E-state index < -0.39 is 57.8 Å². The summed E-state index contributed by atoms with van der Waals surface area (Å²) in [6.07, 6.45) is -0.985. The number of aliphatic hydroxyl groups is 5. The van der Waals surface area contributed by atoms with Crippen molar-refractivity contribution in [2.45, 2.75) is 102 Å². The van der Waals surface area contributed by atoms with Crippen molar-refractivity contribution in [1.82, 2.24) is 0 Å². The van der Waals surface area contributed by atoms with Crippen LogP contribution in [0.1, 0.15) is 66.7 Å². The van der Waals surface area contributed by atoms with Gasteiger partial charge in [-0.05, 0) is 51.9 Å². The lowest BCUT2D eigenvalue weighted by Crippen LogP contribution is -2.60. The van der Waals surface area contributed by atoms with E-state index in [1.165, 1.54) is 6.92 Å². The zero-order valence-electron chi connectivity index (χ0n) is 18.1. The minimum absolute atomic E-state index is 0.0988. The molecule has 0 amide bonds. The fourth-order valence-electron chi connectivity index (χ4n) is 8.14. The van der Waals surface area contributed by atoms with Crippen molar-refractivity contribution in [2.24, 2.45) is 28.6 Å². The minimum Gasteiger partial charge on any atom is -0.462 e. The molecule has 0 aromatic rings. The van der Waals surface area contributed by atoms with E-state index >= 15 is 0 Å². The lowest BCUT2D eigenvalue weighted by atomic mass is 9.57. The SMILES string of the molecule is CC(=O)O[C@@H]1[C@@H]2CC[C@H]3[C@@](C)(O)[C@H]4C[C@H](O)C(C)(C)[C@]4(O)[C@@H](O)C[C@]13C[C@@]2(C)O. The molecule has 2 bridgehead atoms. The van der Waals surface area contributed by atoms with Gasteiger partial charge in [0.05, 0.1) is 23.4 Å². The summed E-state index contributed by atoms with van der Waals surface area (Å²) < 4.78 is 5.75. The van der Waals surface area contributed by atoms with E-state index in [4.69, 9.17) is 4.74 Å². The summed E-state index contributed by atoms with van der Waals surface area (Å²) in [5, 5.41) is 57.0. The van der Waals surface area contributed by atoms with Crippen molar-refractivity contribution < 1.29 is 35.1 Å². The lowest BCUT2D eigenvalue weighted by molar-refractivity contribution is -0.202. The molecule has 10 atom stereocenters. The third kappa shape index (κ3) is 2.45. The molecule has 4 aliphatic rings. The topological polar surface area (TPSA) is 127 Å². The predicted octanol–water partition coefficient (Wildman–Crippen LogP) is 0.739. The first-order valence-corrected chi connectivity index (χ1v) is 10.8. The van der Waals surface area contributed by atoms with Gasteiger partial charge in [0.1, 0.15) is 11.7 Å². The van der Waals surface area contributed by atoms with Crippen molar-refractivity contribution in [1.29, 1.82) is 0 Å². The molecule has 0 aliphatic heterocycles. The summed E-state index contributed by atoms with van der Waals surface area (Å²) in [6, 6.07) is 0. The van der Waals surface area contributed by atoms with E-state index in [-0.39, 0.29) is 31.1 Å². The van der Waals surface area contributed by atoms with E-state index in [0.717, 1.165) is 0 Å². The van der Waals surface area contributed by atoms with Crippen molar-refractivity contribution in [3.8, 4) is 0 Å². The number of esters is 1. The second-order valence-corrected chi connectivity index (χ2v) is 11.3. The van der Waals surface area contributed by atoms with Crippen LogP contribution in [0.2, 0.25) is 0 Å². The van der Waals surface area contributed by atoms with Crippen LogP contribution in [-0.2, 0) is 9.53 Å². The van der Waals surface area contributed by atoms with Gasteiger partial charge in [-0.25, -0.2) is 0 Å². The highest BCUT2D eigenvalue weighted by molar-refractivity contribution is 5.66. The van der Waals surface area contributed by atoms with Gasteiger partial charge in [-0.2, -0.15) is 0 Å². The van der Waals surface area contributed by atoms with E-state index in [1.54, 1.807) is 27.7 Å². The monoisotopic (exact) mass is 412 g/mol. The summed E-state index contributed by atoms with van der Waals surface area (Å²) in [7, 11) is 0. The van der Waals surface area contributed by atoms with Crippen molar-refractivity contribution in [3.63, 3.8) is 0 Å². The molecular weight excluding hydrogens is 376 g/mol. The Balaban J connectivity index is 1.90. The summed E-state index contributed by atoms with van der Waals surface area (Å²) in [6.45, 7) is 8.20. The molecule has 4 fully saturated rings. The van der Waals surface area contributed by atoms with Gasteiger partial charge < -0.3 is 30.3 Å². The van der Waals surface area contributed by atoms with Gasteiger partial charge in [0.15, 0.2) is 0 Å². The quantitative estimate of drug-likeness (QED) is 0.402. The molecule has 5 N–H and O–H groups in total. The Labute approximate surface area is 172 Å². The van der Waals surface area contributed by atoms with Gasteiger partial charge in [-0.1, -0.05) is 13.8 Å². The van der Waals surface area contributed by atoms with Crippen LogP contribution in [0.5, 0.6) is 0 Å². The van der Waals surface area contributed by atoms with Gasteiger partial charge in [0.25, 0.3) is 0 Å². The first-order chi connectivity index (χ1) is 13.1. The number of ether oxygens (including phenoxy) is 1. The number of hydrogen-bond donors (Lipinski definition) is 5. The van der Waals surface area contributed by atoms with Crippen LogP contribution in [0.15, 0.2) is 0 Å². The van der Waals surface area contributed by atoms with Crippen molar-refractivity contribution in [2.75, 3.05) is 0 Å². The molecule has 7 nitrogen and oxygen atoms in total. The first kappa shape index (κ1) is 21.5. The summed E-state index contributed by atoms with van der Waals surface area (Å²) >= 11 is 0. The van der Waals surface area contributed by atoms with Crippen LogP contribution in [0.4, 0.5) is 0 Å². The highest BCUT2D eigenvalue weighted by Crippen LogP contribution is 2.70. The van der Waals surface area contributed by atoms with Crippen LogP contribution < -0.4 is 0 Å². The average molecular weight is 413 g/mol. The molecule has 29 heavy (non-hydrogen) atoms. The Morgan fingerprint density at radius 3 is 2.17 bits per heavy atom. The van der Waals surface area contributed by atoms with Crippen LogP contribution in [0.3, 0.4) is 0 Å². The van der Waals surface area contributed by atoms with Crippen LogP contribution in [0, 0.1) is 28.6 Å². The van der Waals surface area contributed by atoms with Gasteiger partial charge >= 0.3 is 5.97 Å². The fraction of sp³-hybridized carbons (Fsp3) is 0.955. The normalized spacial score (nSPS) is 58.3. The second-order valence-electron chi connectivity index (χ2n) is 11.3. The zero-order chi connectivity index (χ0) is 21.8. The molecule has 166 valence electrons. The molecule has 4 rings (SSSR count). The maximum atomic E-state index is 11.9.